The van der Waals surface area contributed by atoms with E-state index in [0.29, 0.717) is 19.6 Å². The second kappa shape index (κ2) is 4.94. The van der Waals surface area contributed by atoms with Gasteiger partial charge in [0.1, 0.15) is 4.90 Å². The molecule has 2 rings (SSSR count). The Morgan fingerprint density at radius 1 is 1.41 bits per heavy atom. The van der Waals surface area contributed by atoms with Gasteiger partial charge in [0.05, 0.1) is 5.02 Å². The van der Waals surface area contributed by atoms with Gasteiger partial charge in [0.15, 0.2) is 0 Å². The third-order valence-corrected chi connectivity index (χ3v) is 5.38. The molecule has 0 amide bonds. The number of rotatable bonds is 2. The van der Waals surface area contributed by atoms with Crippen LogP contribution in [-0.2, 0) is 10.0 Å². The van der Waals surface area contributed by atoms with Crippen molar-refractivity contribution in [2.75, 3.05) is 19.6 Å². The maximum Gasteiger partial charge on any atom is 0.244 e. The topological polar surface area (TPSA) is 49.4 Å². The lowest BCUT2D eigenvalue weighted by Gasteiger charge is -2.33. The number of benzene rings is 1. The van der Waals surface area contributed by atoms with E-state index in [-0.39, 0.29) is 16.0 Å². The Bertz CT molecular complexity index is 504. The van der Waals surface area contributed by atoms with Crippen molar-refractivity contribution in [3.05, 3.63) is 29.3 Å². The summed E-state index contributed by atoms with van der Waals surface area (Å²) >= 11 is 5.95. The quantitative estimate of drug-likeness (QED) is 0.885. The van der Waals surface area contributed by atoms with Crippen LogP contribution in [0.25, 0.3) is 0 Å². The Labute approximate surface area is 107 Å². The summed E-state index contributed by atoms with van der Waals surface area (Å²) in [6, 6.07) is 6.51. The molecule has 6 heteroatoms. The molecule has 94 valence electrons. The first-order chi connectivity index (χ1) is 8.03. The fourth-order valence-electron chi connectivity index (χ4n) is 1.96. The molecule has 0 saturated carbocycles. The van der Waals surface area contributed by atoms with Gasteiger partial charge in [-0.15, -0.1) is 0 Å². The van der Waals surface area contributed by atoms with Crippen molar-refractivity contribution in [3.8, 4) is 0 Å². The highest BCUT2D eigenvalue weighted by molar-refractivity contribution is 7.89. The van der Waals surface area contributed by atoms with Gasteiger partial charge in [-0.2, -0.15) is 4.31 Å². The van der Waals surface area contributed by atoms with Crippen LogP contribution in [0, 0.1) is 0 Å². The first kappa shape index (κ1) is 12.8. The zero-order valence-corrected chi connectivity index (χ0v) is 11.1. The minimum Gasteiger partial charge on any atom is -0.314 e. The van der Waals surface area contributed by atoms with Gasteiger partial charge in [-0.3, -0.25) is 0 Å². The van der Waals surface area contributed by atoms with E-state index in [1.807, 2.05) is 6.92 Å². The summed E-state index contributed by atoms with van der Waals surface area (Å²) in [5.41, 5.74) is 0. The van der Waals surface area contributed by atoms with Crippen molar-refractivity contribution in [2.24, 2.45) is 0 Å². The van der Waals surface area contributed by atoms with E-state index in [4.69, 9.17) is 11.6 Å². The summed E-state index contributed by atoms with van der Waals surface area (Å²) in [6.07, 6.45) is 0. The number of halogens is 1. The third-order valence-electron chi connectivity index (χ3n) is 2.86. The Kier molecular flexibility index (Phi) is 3.73. The summed E-state index contributed by atoms with van der Waals surface area (Å²) < 4.78 is 26.4. The van der Waals surface area contributed by atoms with E-state index in [1.165, 1.54) is 4.31 Å². The predicted molar refractivity (Wildman–Crippen MR) is 67.7 cm³/mol. The number of sulfonamides is 1. The van der Waals surface area contributed by atoms with Crippen LogP contribution in [0.1, 0.15) is 6.92 Å². The molecule has 1 atom stereocenters. The normalized spacial score (nSPS) is 22.6. The van der Waals surface area contributed by atoms with Crippen LogP contribution < -0.4 is 5.32 Å². The number of hydrogen-bond acceptors (Lipinski definition) is 3. The van der Waals surface area contributed by atoms with E-state index in [9.17, 15) is 8.42 Å². The summed E-state index contributed by atoms with van der Waals surface area (Å²) in [5.74, 6) is 0. The lowest BCUT2D eigenvalue weighted by Crippen LogP contribution is -2.52. The van der Waals surface area contributed by atoms with Gasteiger partial charge in [-0.25, -0.2) is 8.42 Å². The van der Waals surface area contributed by atoms with Crippen molar-refractivity contribution in [1.29, 1.82) is 0 Å². The minimum atomic E-state index is -3.48. The van der Waals surface area contributed by atoms with E-state index >= 15 is 0 Å². The highest BCUT2D eigenvalue weighted by Gasteiger charge is 2.31. The average molecular weight is 275 g/mol. The molecule has 1 aliphatic heterocycles. The largest absolute Gasteiger partial charge is 0.314 e. The summed E-state index contributed by atoms with van der Waals surface area (Å²) in [4.78, 5) is 0.190. The number of nitrogens with zero attached hydrogens (tertiary/aromatic N) is 1. The second-order valence-corrected chi connectivity index (χ2v) is 6.37. The molecule has 0 aromatic heterocycles. The number of nitrogens with one attached hydrogen (secondary N) is 1. The zero-order valence-electron chi connectivity index (χ0n) is 9.56. The van der Waals surface area contributed by atoms with Gasteiger partial charge in [-0.1, -0.05) is 23.7 Å². The first-order valence-corrected chi connectivity index (χ1v) is 7.32. The van der Waals surface area contributed by atoms with Gasteiger partial charge >= 0.3 is 0 Å². The van der Waals surface area contributed by atoms with Crippen LogP contribution in [-0.4, -0.2) is 38.4 Å². The number of piperazine rings is 1. The van der Waals surface area contributed by atoms with Gasteiger partial charge in [-0.05, 0) is 19.1 Å². The smallest absolute Gasteiger partial charge is 0.244 e. The van der Waals surface area contributed by atoms with E-state index in [2.05, 4.69) is 5.32 Å². The highest BCUT2D eigenvalue weighted by atomic mass is 35.5. The summed E-state index contributed by atoms with van der Waals surface area (Å²) in [7, 11) is -3.48. The van der Waals surface area contributed by atoms with E-state index in [1.54, 1.807) is 24.3 Å². The maximum absolute atomic E-state index is 12.4. The molecule has 17 heavy (non-hydrogen) atoms. The van der Waals surface area contributed by atoms with E-state index < -0.39 is 10.0 Å². The minimum absolute atomic E-state index is 0.0509. The van der Waals surface area contributed by atoms with Gasteiger partial charge in [0.25, 0.3) is 0 Å². The zero-order chi connectivity index (χ0) is 12.5. The van der Waals surface area contributed by atoms with Gasteiger partial charge < -0.3 is 5.32 Å². The van der Waals surface area contributed by atoms with Crippen molar-refractivity contribution in [3.63, 3.8) is 0 Å². The third kappa shape index (κ3) is 2.47. The Balaban J connectivity index is 2.39. The molecular weight excluding hydrogens is 260 g/mol. The van der Waals surface area contributed by atoms with Crippen molar-refractivity contribution in [2.45, 2.75) is 17.9 Å². The van der Waals surface area contributed by atoms with Crippen LogP contribution >= 0.6 is 11.6 Å². The van der Waals surface area contributed by atoms with Crippen LogP contribution in [0.15, 0.2) is 29.2 Å². The van der Waals surface area contributed by atoms with Crippen molar-refractivity contribution >= 4 is 21.6 Å². The molecule has 1 N–H and O–H groups in total. The van der Waals surface area contributed by atoms with Crippen molar-refractivity contribution in [1.82, 2.24) is 9.62 Å². The predicted octanol–water partition coefficient (Wildman–Crippen LogP) is 1.32. The second-order valence-electron chi connectivity index (χ2n) is 4.10. The molecule has 1 heterocycles. The van der Waals surface area contributed by atoms with Gasteiger partial charge in [0.2, 0.25) is 10.0 Å². The molecule has 0 bridgehead atoms. The van der Waals surface area contributed by atoms with E-state index in [0.717, 1.165) is 0 Å². The highest BCUT2D eigenvalue weighted by Crippen LogP contribution is 2.25. The monoisotopic (exact) mass is 274 g/mol. The molecule has 0 radical (unpaired) electrons. The fraction of sp³-hybridized carbons (Fsp3) is 0.455. The average Bonchev–Trinajstić information content (AvgIpc) is 2.29. The Hall–Kier alpha value is -0.620. The molecule has 1 fully saturated rings. The molecule has 0 aliphatic carbocycles. The molecule has 1 aromatic carbocycles. The lowest BCUT2D eigenvalue weighted by atomic mass is 10.3. The van der Waals surface area contributed by atoms with Crippen LogP contribution in [0.5, 0.6) is 0 Å². The van der Waals surface area contributed by atoms with Gasteiger partial charge in [0, 0.05) is 25.7 Å². The fourth-order valence-corrected chi connectivity index (χ4v) is 4.09. The SMILES string of the molecule is CC1CNCCN1S(=O)(=O)c1ccccc1Cl. The number of hydrogen-bond donors (Lipinski definition) is 1. The Morgan fingerprint density at radius 3 is 2.76 bits per heavy atom. The molecule has 1 saturated heterocycles. The van der Waals surface area contributed by atoms with Crippen LogP contribution in [0.3, 0.4) is 0 Å². The summed E-state index contributed by atoms with van der Waals surface area (Å²) in [5, 5.41) is 3.44. The van der Waals surface area contributed by atoms with Crippen LogP contribution in [0.2, 0.25) is 5.02 Å². The van der Waals surface area contributed by atoms with Crippen molar-refractivity contribution < 1.29 is 8.42 Å². The molecular formula is C11H15ClN2O2S. The molecule has 1 aliphatic rings. The molecule has 0 spiro atoms. The standard InChI is InChI=1S/C11H15ClN2O2S/c1-9-8-13-6-7-14(9)17(15,16)11-5-3-2-4-10(11)12/h2-5,9,13H,6-8H2,1H3. The Morgan fingerprint density at radius 2 is 2.12 bits per heavy atom. The maximum atomic E-state index is 12.4. The first-order valence-electron chi connectivity index (χ1n) is 5.50. The molecule has 4 nitrogen and oxygen atoms in total. The molecule has 1 unspecified atom stereocenters. The summed E-state index contributed by atoms with van der Waals surface area (Å²) in [6.45, 7) is 3.72. The lowest BCUT2D eigenvalue weighted by molar-refractivity contribution is 0.284. The molecule has 1 aromatic rings. The van der Waals surface area contributed by atoms with Crippen LogP contribution in [0.4, 0.5) is 0 Å².